The number of rotatable bonds is 5. The van der Waals surface area contributed by atoms with Crippen LogP contribution in [0.15, 0.2) is 29.5 Å². The number of amides is 1. The molecule has 0 saturated carbocycles. The van der Waals surface area contributed by atoms with E-state index in [1.807, 2.05) is 6.07 Å². The van der Waals surface area contributed by atoms with Crippen molar-refractivity contribution in [1.82, 2.24) is 15.2 Å². The van der Waals surface area contributed by atoms with Gasteiger partial charge in [-0.15, -0.1) is 0 Å². The molecule has 1 aliphatic rings. The van der Waals surface area contributed by atoms with Crippen LogP contribution in [0.25, 0.3) is 0 Å². The van der Waals surface area contributed by atoms with Crippen LogP contribution in [0.4, 0.5) is 5.69 Å². The van der Waals surface area contributed by atoms with Crippen molar-refractivity contribution in [3.63, 3.8) is 0 Å². The Kier molecular flexibility index (Phi) is 5.46. The van der Waals surface area contributed by atoms with E-state index in [9.17, 15) is 4.79 Å². The van der Waals surface area contributed by atoms with Gasteiger partial charge in [0.2, 0.25) is 5.91 Å². The quantitative estimate of drug-likeness (QED) is 0.622. The Bertz CT molecular complexity index is 416. The third-order valence-electron chi connectivity index (χ3n) is 2.84. The first-order valence-corrected chi connectivity index (χ1v) is 6.36. The Hall–Kier alpha value is -1.79. The minimum absolute atomic E-state index is 0.0286. The van der Waals surface area contributed by atoms with Gasteiger partial charge >= 0.3 is 0 Å². The van der Waals surface area contributed by atoms with E-state index in [4.69, 9.17) is 4.74 Å². The van der Waals surface area contributed by atoms with E-state index < -0.39 is 0 Å². The van der Waals surface area contributed by atoms with Crippen LogP contribution in [-0.4, -0.2) is 55.0 Å². The normalized spacial score (nSPS) is 16.6. The Morgan fingerprint density at radius 1 is 1.53 bits per heavy atom. The van der Waals surface area contributed by atoms with E-state index in [1.54, 1.807) is 18.5 Å². The molecule has 1 aliphatic heterocycles. The SMILES string of the molecule is O=C(CCN1CCOCC1)NC=Nc1cccnc1. The highest BCUT2D eigenvalue weighted by Gasteiger charge is 2.11. The van der Waals surface area contributed by atoms with Crippen molar-refractivity contribution in [2.24, 2.45) is 4.99 Å². The number of aromatic nitrogens is 1. The summed E-state index contributed by atoms with van der Waals surface area (Å²) in [6, 6.07) is 3.62. The number of hydrogen-bond acceptors (Lipinski definition) is 5. The molecule has 0 bridgehead atoms. The first-order chi connectivity index (χ1) is 9.34. The molecule has 19 heavy (non-hydrogen) atoms. The van der Waals surface area contributed by atoms with Crippen LogP contribution < -0.4 is 5.32 Å². The molecule has 0 unspecified atom stereocenters. The van der Waals surface area contributed by atoms with Gasteiger partial charge < -0.3 is 10.1 Å². The average molecular weight is 262 g/mol. The molecule has 0 aromatic carbocycles. The number of pyridine rings is 1. The lowest BCUT2D eigenvalue weighted by Gasteiger charge is -2.25. The van der Waals surface area contributed by atoms with E-state index >= 15 is 0 Å². The highest BCUT2D eigenvalue weighted by atomic mass is 16.5. The molecule has 1 fully saturated rings. The molecule has 1 saturated heterocycles. The molecule has 1 aromatic heterocycles. The monoisotopic (exact) mass is 262 g/mol. The van der Waals surface area contributed by atoms with Crippen LogP contribution in [0.1, 0.15) is 6.42 Å². The summed E-state index contributed by atoms with van der Waals surface area (Å²) >= 11 is 0. The van der Waals surface area contributed by atoms with Gasteiger partial charge in [-0.25, -0.2) is 4.99 Å². The lowest BCUT2D eigenvalue weighted by Crippen LogP contribution is -2.38. The highest BCUT2D eigenvalue weighted by molar-refractivity contribution is 5.88. The molecule has 1 N–H and O–H groups in total. The molecular formula is C13H18N4O2. The fraction of sp³-hybridized carbons (Fsp3) is 0.462. The number of aliphatic imine (C=N–C) groups is 1. The lowest BCUT2D eigenvalue weighted by molar-refractivity contribution is -0.120. The fourth-order valence-corrected chi connectivity index (χ4v) is 1.77. The third kappa shape index (κ3) is 5.15. The second-order valence-corrected chi connectivity index (χ2v) is 4.24. The van der Waals surface area contributed by atoms with E-state index in [-0.39, 0.29) is 5.91 Å². The predicted molar refractivity (Wildman–Crippen MR) is 72.4 cm³/mol. The van der Waals surface area contributed by atoms with Crippen LogP contribution in [0, 0.1) is 0 Å². The van der Waals surface area contributed by atoms with Gasteiger partial charge in [0.15, 0.2) is 0 Å². The smallest absolute Gasteiger partial charge is 0.226 e. The zero-order valence-electron chi connectivity index (χ0n) is 10.8. The van der Waals surface area contributed by atoms with Gasteiger partial charge in [0.05, 0.1) is 31.4 Å². The van der Waals surface area contributed by atoms with E-state index in [0.717, 1.165) is 38.5 Å². The molecule has 0 radical (unpaired) electrons. The van der Waals surface area contributed by atoms with Crippen LogP contribution >= 0.6 is 0 Å². The van der Waals surface area contributed by atoms with Crippen LogP contribution in [0.5, 0.6) is 0 Å². The highest BCUT2D eigenvalue weighted by Crippen LogP contribution is 2.05. The second kappa shape index (κ2) is 7.60. The Balaban J connectivity index is 1.65. The molecule has 6 heteroatoms. The zero-order valence-corrected chi connectivity index (χ0v) is 10.8. The minimum atomic E-state index is -0.0286. The largest absolute Gasteiger partial charge is 0.379 e. The maximum absolute atomic E-state index is 11.6. The maximum atomic E-state index is 11.6. The number of carbonyl (C=O) groups excluding carboxylic acids is 1. The lowest BCUT2D eigenvalue weighted by atomic mass is 10.3. The van der Waals surface area contributed by atoms with Gasteiger partial charge in [-0.3, -0.25) is 14.7 Å². The molecule has 0 aliphatic carbocycles. The van der Waals surface area contributed by atoms with Crippen molar-refractivity contribution in [3.8, 4) is 0 Å². The number of hydrogen-bond donors (Lipinski definition) is 1. The summed E-state index contributed by atoms with van der Waals surface area (Å²) in [5.74, 6) is -0.0286. The Morgan fingerprint density at radius 2 is 2.37 bits per heavy atom. The summed E-state index contributed by atoms with van der Waals surface area (Å²) in [6.07, 6.45) is 5.20. The number of carbonyl (C=O) groups is 1. The Morgan fingerprint density at radius 3 is 3.11 bits per heavy atom. The maximum Gasteiger partial charge on any atom is 0.226 e. The van der Waals surface area contributed by atoms with Crippen molar-refractivity contribution in [1.29, 1.82) is 0 Å². The topological polar surface area (TPSA) is 66.8 Å². The molecule has 1 aromatic rings. The van der Waals surface area contributed by atoms with Gasteiger partial charge in [0, 0.05) is 32.3 Å². The zero-order chi connectivity index (χ0) is 13.3. The summed E-state index contributed by atoms with van der Waals surface area (Å²) in [5, 5.41) is 2.65. The van der Waals surface area contributed by atoms with Gasteiger partial charge in [-0.05, 0) is 12.1 Å². The molecule has 0 atom stereocenters. The molecule has 2 rings (SSSR count). The number of nitrogens with one attached hydrogen (secondary N) is 1. The van der Waals surface area contributed by atoms with Crippen LogP contribution in [0.2, 0.25) is 0 Å². The predicted octanol–water partition coefficient (Wildman–Crippen LogP) is 0.580. The number of nitrogens with zero attached hydrogens (tertiary/aromatic N) is 3. The first-order valence-electron chi connectivity index (χ1n) is 6.36. The van der Waals surface area contributed by atoms with Crippen molar-refractivity contribution < 1.29 is 9.53 Å². The van der Waals surface area contributed by atoms with Gasteiger partial charge in [-0.1, -0.05) is 0 Å². The first kappa shape index (κ1) is 13.6. The molecule has 2 heterocycles. The van der Waals surface area contributed by atoms with Gasteiger partial charge in [0.1, 0.15) is 0 Å². The number of ether oxygens (including phenoxy) is 1. The van der Waals surface area contributed by atoms with Gasteiger partial charge in [-0.2, -0.15) is 0 Å². The van der Waals surface area contributed by atoms with Crippen molar-refractivity contribution >= 4 is 17.9 Å². The third-order valence-corrected chi connectivity index (χ3v) is 2.84. The molecule has 102 valence electrons. The molecular weight excluding hydrogens is 244 g/mol. The standard InChI is InChI=1S/C13H18N4O2/c18-13(3-5-17-6-8-19-9-7-17)16-11-15-12-2-1-4-14-10-12/h1-2,4,10-11H,3,5-9H2,(H,15,16,18). The van der Waals surface area contributed by atoms with E-state index in [2.05, 4.69) is 20.2 Å². The summed E-state index contributed by atoms with van der Waals surface area (Å²) in [6.45, 7) is 4.07. The Labute approximate surface area is 112 Å². The van der Waals surface area contributed by atoms with Crippen molar-refractivity contribution in [3.05, 3.63) is 24.5 Å². The van der Waals surface area contributed by atoms with Crippen LogP contribution in [0.3, 0.4) is 0 Å². The second-order valence-electron chi connectivity index (χ2n) is 4.24. The van der Waals surface area contributed by atoms with Crippen molar-refractivity contribution in [2.75, 3.05) is 32.8 Å². The molecule has 1 amide bonds. The average Bonchev–Trinajstić information content (AvgIpc) is 2.47. The molecule has 0 spiro atoms. The summed E-state index contributed by atoms with van der Waals surface area (Å²) < 4.78 is 5.25. The fourth-order valence-electron chi connectivity index (χ4n) is 1.77. The number of morpholine rings is 1. The molecule has 6 nitrogen and oxygen atoms in total. The summed E-state index contributed by atoms with van der Waals surface area (Å²) in [7, 11) is 0. The van der Waals surface area contributed by atoms with E-state index in [1.165, 1.54) is 6.34 Å². The van der Waals surface area contributed by atoms with Crippen LogP contribution in [-0.2, 0) is 9.53 Å². The van der Waals surface area contributed by atoms with Crippen molar-refractivity contribution in [2.45, 2.75) is 6.42 Å². The van der Waals surface area contributed by atoms with Gasteiger partial charge in [0.25, 0.3) is 0 Å². The summed E-state index contributed by atoms with van der Waals surface area (Å²) in [4.78, 5) is 21.8. The van der Waals surface area contributed by atoms with E-state index in [0.29, 0.717) is 6.42 Å². The summed E-state index contributed by atoms with van der Waals surface area (Å²) in [5.41, 5.74) is 0.718. The minimum Gasteiger partial charge on any atom is -0.379 e.